The molecule has 2 aromatic carbocycles. The lowest BCUT2D eigenvalue weighted by Crippen LogP contribution is -2.45. The molecule has 4 nitrogen and oxygen atoms in total. The van der Waals surface area contributed by atoms with E-state index in [2.05, 4.69) is 56.0 Å². The second kappa shape index (κ2) is 11.4. The number of carbonyl (C=O) groups is 1. The van der Waals surface area contributed by atoms with Gasteiger partial charge in [0.2, 0.25) is 0 Å². The molecule has 0 aliphatic carbocycles. The summed E-state index contributed by atoms with van der Waals surface area (Å²) >= 11 is 0. The van der Waals surface area contributed by atoms with E-state index in [1.165, 1.54) is 7.11 Å². The Morgan fingerprint density at radius 2 is 1.79 bits per heavy atom. The number of hydrogen-bond donors (Lipinski definition) is 0. The summed E-state index contributed by atoms with van der Waals surface area (Å²) in [6.45, 7) is 7.88. The van der Waals surface area contributed by atoms with Crippen molar-refractivity contribution in [2.75, 3.05) is 13.7 Å². The maximum atomic E-state index is 12.4. The van der Waals surface area contributed by atoms with Gasteiger partial charge in [0.25, 0.3) is 0 Å². The monoisotopic (exact) mass is 392 g/mol. The molecule has 4 heteroatoms. The smallest absolute Gasteiger partial charge is 0.323 e. The largest absolute Gasteiger partial charge is 0.468 e. The third-order valence-electron chi connectivity index (χ3n) is 5.21. The Morgan fingerprint density at radius 3 is 2.38 bits per heavy atom. The van der Waals surface area contributed by atoms with Gasteiger partial charge in [-0.25, -0.2) is 0 Å². The van der Waals surface area contributed by atoms with Crippen LogP contribution in [0.2, 0.25) is 0 Å². The van der Waals surface area contributed by atoms with Crippen LogP contribution in [-0.2, 0) is 16.1 Å². The Bertz CT molecular complexity index is 821. The van der Waals surface area contributed by atoms with Gasteiger partial charge in [-0.1, -0.05) is 76.1 Å². The summed E-state index contributed by atoms with van der Waals surface area (Å²) in [4.78, 5) is 14.7. The highest BCUT2D eigenvalue weighted by Crippen LogP contribution is 2.25. The molecule has 0 bridgehead atoms. The molecule has 29 heavy (non-hydrogen) atoms. The third kappa shape index (κ3) is 6.17. The second-order valence-corrected chi connectivity index (χ2v) is 7.74. The van der Waals surface area contributed by atoms with Crippen LogP contribution in [-0.4, -0.2) is 30.6 Å². The first-order chi connectivity index (χ1) is 14.0. The number of carbonyl (C=O) groups excluding carboxylic acids is 1. The van der Waals surface area contributed by atoms with Gasteiger partial charge in [-0.2, -0.15) is 5.26 Å². The molecule has 0 heterocycles. The molecule has 154 valence electrons. The number of rotatable bonds is 10. The molecule has 0 aliphatic rings. The number of ether oxygens (including phenoxy) is 1. The fourth-order valence-electron chi connectivity index (χ4n) is 3.70. The van der Waals surface area contributed by atoms with Crippen LogP contribution in [0.15, 0.2) is 48.5 Å². The van der Waals surface area contributed by atoms with Gasteiger partial charge in [0, 0.05) is 6.54 Å². The molecule has 0 spiro atoms. The Hall–Kier alpha value is -2.64. The molecule has 0 N–H and O–H groups in total. The highest BCUT2D eigenvalue weighted by molar-refractivity contribution is 5.76. The SMILES string of the molecule is CCCCCN(Cc1ccc(-c2ccccc2C#N)cc1)[C@@H](C(=O)OC)C(C)C. The molecule has 0 unspecified atom stereocenters. The Morgan fingerprint density at radius 1 is 1.10 bits per heavy atom. The average molecular weight is 393 g/mol. The van der Waals surface area contributed by atoms with E-state index in [-0.39, 0.29) is 17.9 Å². The van der Waals surface area contributed by atoms with Gasteiger partial charge in [-0.15, -0.1) is 0 Å². The molecular formula is C25H32N2O2. The molecule has 0 fully saturated rings. The van der Waals surface area contributed by atoms with Crippen molar-refractivity contribution in [2.24, 2.45) is 5.92 Å². The van der Waals surface area contributed by atoms with Gasteiger partial charge in [0.05, 0.1) is 18.7 Å². The van der Waals surface area contributed by atoms with Crippen molar-refractivity contribution in [3.8, 4) is 17.2 Å². The number of nitriles is 1. The maximum Gasteiger partial charge on any atom is 0.323 e. The predicted molar refractivity (Wildman–Crippen MR) is 117 cm³/mol. The summed E-state index contributed by atoms with van der Waals surface area (Å²) in [5.74, 6) is 0.00178. The van der Waals surface area contributed by atoms with Crippen LogP contribution in [0.5, 0.6) is 0 Å². The molecule has 0 saturated heterocycles. The highest BCUT2D eigenvalue weighted by Gasteiger charge is 2.29. The van der Waals surface area contributed by atoms with E-state index in [0.29, 0.717) is 12.1 Å². The Balaban J connectivity index is 2.23. The number of unbranched alkanes of at least 4 members (excludes halogenated alkanes) is 2. The average Bonchev–Trinajstić information content (AvgIpc) is 2.74. The van der Waals surface area contributed by atoms with Crippen molar-refractivity contribution < 1.29 is 9.53 Å². The van der Waals surface area contributed by atoms with Crippen molar-refractivity contribution in [1.82, 2.24) is 4.90 Å². The quantitative estimate of drug-likeness (QED) is 0.400. The number of nitrogens with zero attached hydrogens (tertiary/aromatic N) is 2. The fraction of sp³-hybridized carbons (Fsp3) is 0.440. The van der Waals surface area contributed by atoms with Crippen LogP contribution in [0.1, 0.15) is 51.2 Å². The molecule has 1 atom stereocenters. The zero-order valence-corrected chi connectivity index (χ0v) is 18.0. The zero-order valence-electron chi connectivity index (χ0n) is 18.0. The van der Waals surface area contributed by atoms with Crippen molar-refractivity contribution >= 4 is 5.97 Å². The normalized spacial score (nSPS) is 12.0. The topological polar surface area (TPSA) is 53.3 Å². The number of esters is 1. The van der Waals surface area contributed by atoms with Gasteiger partial charge in [-0.3, -0.25) is 9.69 Å². The fourth-order valence-corrected chi connectivity index (χ4v) is 3.70. The van der Waals surface area contributed by atoms with Crippen LogP contribution in [0.25, 0.3) is 11.1 Å². The standard InChI is InChI=1S/C25H32N2O2/c1-5-6-9-16-27(24(19(2)3)25(28)29-4)18-20-12-14-21(15-13-20)23-11-8-7-10-22(23)17-26/h7-8,10-15,19,24H,5-6,9,16,18H2,1-4H3/t24-/m1/s1. The van der Waals surface area contributed by atoms with E-state index in [0.717, 1.165) is 42.5 Å². The van der Waals surface area contributed by atoms with Crippen molar-refractivity contribution in [3.63, 3.8) is 0 Å². The van der Waals surface area contributed by atoms with E-state index in [1.54, 1.807) is 0 Å². The van der Waals surface area contributed by atoms with Crippen molar-refractivity contribution in [2.45, 2.75) is 52.6 Å². The van der Waals surface area contributed by atoms with Crippen LogP contribution >= 0.6 is 0 Å². The molecular weight excluding hydrogens is 360 g/mol. The molecule has 0 saturated carbocycles. The first kappa shape index (κ1) is 22.6. The highest BCUT2D eigenvalue weighted by atomic mass is 16.5. The Labute approximate surface area is 175 Å². The van der Waals surface area contributed by atoms with Gasteiger partial charge < -0.3 is 4.74 Å². The van der Waals surface area contributed by atoms with E-state index < -0.39 is 0 Å². The van der Waals surface area contributed by atoms with E-state index in [4.69, 9.17) is 4.74 Å². The van der Waals surface area contributed by atoms with Crippen LogP contribution in [0.4, 0.5) is 0 Å². The zero-order chi connectivity index (χ0) is 21.2. The molecule has 0 aliphatic heterocycles. The van der Waals surface area contributed by atoms with E-state index in [9.17, 15) is 10.1 Å². The van der Waals surface area contributed by atoms with Gasteiger partial charge in [-0.05, 0) is 41.6 Å². The summed E-state index contributed by atoms with van der Waals surface area (Å²) in [6.07, 6.45) is 3.35. The molecule has 0 radical (unpaired) electrons. The molecule has 0 amide bonds. The van der Waals surface area contributed by atoms with E-state index >= 15 is 0 Å². The van der Waals surface area contributed by atoms with Crippen LogP contribution in [0, 0.1) is 17.2 Å². The number of benzene rings is 2. The summed E-state index contributed by atoms with van der Waals surface area (Å²) in [5, 5.41) is 9.34. The minimum Gasteiger partial charge on any atom is -0.468 e. The van der Waals surface area contributed by atoms with Crippen LogP contribution < -0.4 is 0 Å². The Kier molecular flexibility index (Phi) is 8.89. The lowest BCUT2D eigenvalue weighted by Gasteiger charge is -2.32. The second-order valence-electron chi connectivity index (χ2n) is 7.74. The van der Waals surface area contributed by atoms with Crippen molar-refractivity contribution in [1.29, 1.82) is 5.26 Å². The number of hydrogen-bond acceptors (Lipinski definition) is 4. The first-order valence-electron chi connectivity index (χ1n) is 10.4. The summed E-state index contributed by atoms with van der Waals surface area (Å²) < 4.78 is 5.09. The minimum absolute atomic E-state index is 0.170. The van der Waals surface area contributed by atoms with Gasteiger partial charge in [0.1, 0.15) is 6.04 Å². The lowest BCUT2D eigenvalue weighted by atomic mass is 9.98. The molecule has 2 aromatic rings. The summed E-state index contributed by atoms with van der Waals surface area (Å²) in [5.41, 5.74) is 3.79. The summed E-state index contributed by atoms with van der Waals surface area (Å²) in [7, 11) is 1.46. The van der Waals surface area contributed by atoms with Crippen LogP contribution in [0.3, 0.4) is 0 Å². The third-order valence-corrected chi connectivity index (χ3v) is 5.21. The minimum atomic E-state index is -0.254. The first-order valence-corrected chi connectivity index (χ1v) is 10.4. The maximum absolute atomic E-state index is 12.4. The van der Waals surface area contributed by atoms with E-state index in [1.807, 2.05) is 24.3 Å². The molecule has 0 aromatic heterocycles. The van der Waals surface area contributed by atoms with Gasteiger partial charge in [0.15, 0.2) is 0 Å². The lowest BCUT2D eigenvalue weighted by molar-refractivity contribution is -0.149. The summed E-state index contributed by atoms with van der Waals surface area (Å²) in [6, 6.07) is 17.9. The van der Waals surface area contributed by atoms with Gasteiger partial charge >= 0.3 is 5.97 Å². The molecule has 2 rings (SSSR count). The van der Waals surface area contributed by atoms with Crippen molar-refractivity contribution in [3.05, 3.63) is 59.7 Å². The predicted octanol–water partition coefficient (Wildman–Crippen LogP) is 5.42. The number of methoxy groups -OCH3 is 1.